The lowest BCUT2D eigenvalue weighted by Gasteiger charge is -2.37. The molecule has 0 amide bonds. The van der Waals surface area contributed by atoms with Gasteiger partial charge in [0.1, 0.15) is 0 Å². The van der Waals surface area contributed by atoms with Crippen LogP contribution in [0.5, 0.6) is 0 Å². The van der Waals surface area contributed by atoms with Crippen molar-refractivity contribution in [2.24, 2.45) is 10.8 Å². The molecule has 112 valence electrons. The summed E-state index contributed by atoms with van der Waals surface area (Å²) in [5.41, 5.74) is -2.48. The van der Waals surface area contributed by atoms with Crippen LogP contribution in [0.2, 0.25) is 0 Å². The first kappa shape index (κ1) is 17.9. The average molecular weight is 272 g/mol. The van der Waals surface area contributed by atoms with Crippen molar-refractivity contribution >= 4 is 11.9 Å². The van der Waals surface area contributed by atoms with Crippen molar-refractivity contribution < 1.29 is 19.8 Å². The second kappa shape index (κ2) is 7.51. The van der Waals surface area contributed by atoms with Crippen LogP contribution in [0.1, 0.15) is 72.6 Å². The summed E-state index contributed by atoms with van der Waals surface area (Å²) < 4.78 is 0. The van der Waals surface area contributed by atoms with Crippen molar-refractivity contribution in [3.63, 3.8) is 0 Å². The Labute approximate surface area is 116 Å². The van der Waals surface area contributed by atoms with Crippen LogP contribution in [0.3, 0.4) is 0 Å². The van der Waals surface area contributed by atoms with Gasteiger partial charge in [0.15, 0.2) is 5.41 Å². The van der Waals surface area contributed by atoms with Gasteiger partial charge in [-0.1, -0.05) is 59.3 Å². The monoisotopic (exact) mass is 272 g/mol. The lowest BCUT2D eigenvalue weighted by atomic mass is 9.64. The Morgan fingerprint density at radius 3 is 1.68 bits per heavy atom. The van der Waals surface area contributed by atoms with Crippen molar-refractivity contribution in [3.8, 4) is 0 Å². The van der Waals surface area contributed by atoms with Crippen LogP contribution in [0.25, 0.3) is 0 Å². The number of carboxylic acid groups (broad SMARTS) is 2. The van der Waals surface area contributed by atoms with E-state index < -0.39 is 22.8 Å². The minimum Gasteiger partial charge on any atom is -0.480 e. The Morgan fingerprint density at radius 1 is 0.842 bits per heavy atom. The molecule has 4 heteroatoms. The molecule has 0 bridgehead atoms. The predicted molar refractivity (Wildman–Crippen MR) is 75.2 cm³/mol. The molecule has 19 heavy (non-hydrogen) atoms. The van der Waals surface area contributed by atoms with Gasteiger partial charge in [-0.15, -0.1) is 0 Å². The minimum absolute atomic E-state index is 0.619. The SMILES string of the molecule is CCCCCCCCC(C)(C)C(C)(C(=O)O)C(=O)O. The highest BCUT2D eigenvalue weighted by atomic mass is 16.4. The number of hydrogen-bond donors (Lipinski definition) is 2. The summed E-state index contributed by atoms with van der Waals surface area (Å²) in [6.07, 6.45) is 7.31. The molecule has 0 saturated heterocycles. The molecule has 0 radical (unpaired) electrons. The standard InChI is InChI=1S/C15H28O4/c1-5-6-7-8-9-10-11-14(2,3)15(4,12(16)17)13(18)19/h5-11H2,1-4H3,(H,16,17)(H,18,19). The van der Waals surface area contributed by atoms with E-state index in [-0.39, 0.29) is 0 Å². The van der Waals surface area contributed by atoms with E-state index in [1.54, 1.807) is 13.8 Å². The van der Waals surface area contributed by atoms with Gasteiger partial charge in [0.25, 0.3) is 0 Å². The Kier molecular flexibility index (Phi) is 7.09. The molecule has 0 aliphatic rings. The van der Waals surface area contributed by atoms with Crippen LogP contribution < -0.4 is 0 Å². The molecule has 0 unspecified atom stereocenters. The van der Waals surface area contributed by atoms with Crippen LogP contribution in [0, 0.1) is 10.8 Å². The second-order valence-corrected chi connectivity index (χ2v) is 6.14. The highest BCUT2D eigenvalue weighted by Gasteiger charge is 2.53. The van der Waals surface area contributed by atoms with E-state index in [9.17, 15) is 19.8 Å². The summed E-state index contributed by atoms with van der Waals surface area (Å²) in [5.74, 6) is -2.51. The van der Waals surface area contributed by atoms with Gasteiger partial charge < -0.3 is 10.2 Å². The quantitative estimate of drug-likeness (QED) is 0.466. The molecule has 0 spiro atoms. The number of rotatable bonds is 10. The molecule has 0 aromatic rings. The Hall–Kier alpha value is -1.06. The lowest BCUT2D eigenvalue weighted by Crippen LogP contribution is -2.48. The maximum Gasteiger partial charge on any atom is 0.321 e. The summed E-state index contributed by atoms with van der Waals surface area (Å²) in [7, 11) is 0. The zero-order valence-electron chi connectivity index (χ0n) is 12.7. The minimum atomic E-state index is -1.73. The maximum absolute atomic E-state index is 11.3. The third-order valence-electron chi connectivity index (χ3n) is 4.36. The molecule has 0 heterocycles. The summed E-state index contributed by atoms with van der Waals surface area (Å²) in [5, 5.41) is 18.5. The van der Waals surface area contributed by atoms with E-state index in [1.165, 1.54) is 26.2 Å². The van der Waals surface area contributed by atoms with Gasteiger partial charge in [-0.25, -0.2) is 0 Å². The first-order valence-electron chi connectivity index (χ1n) is 7.17. The summed E-state index contributed by atoms with van der Waals surface area (Å²) >= 11 is 0. The Morgan fingerprint density at radius 2 is 1.26 bits per heavy atom. The molecule has 0 aromatic carbocycles. The Balaban J connectivity index is 4.43. The van der Waals surface area contributed by atoms with Crippen molar-refractivity contribution in [3.05, 3.63) is 0 Å². The first-order valence-corrected chi connectivity index (χ1v) is 7.17. The average Bonchev–Trinajstić information content (AvgIpc) is 2.31. The fourth-order valence-corrected chi connectivity index (χ4v) is 2.27. The predicted octanol–water partition coefficient (Wildman–Crippen LogP) is 3.94. The molecular weight excluding hydrogens is 244 g/mol. The third kappa shape index (κ3) is 4.51. The van der Waals surface area contributed by atoms with Crippen LogP contribution in [-0.4, -0.2) is 22.2 Å². The molecule has 0 aromatic heterocycles. The van der Waals surface area contributed by atoms with Crippen molar-refractivity contribution in [2.45, 2.75) is 72.6 Å². The van der Waals surface area contributed by atoms with E-state index in [2.05, 4.69) is 6.92 Å². The van der Waals surface area contributed by atoms with Gasteiger partial charge in [0.2, 0.25) is 0 Å². The molecule has 0 fully saturated rings. The maximum atomic E-state index is 11.3. The van der Waals surface area contributed by atoms with E-state index in [4.69, 9.17) is 0 Å². The van der Waals surface area contributed by atoms with Gasteiger partial charge >= 0.3 is 11.9 Å². The normalized spacial score (nSPS) is 12.4. The van der Waals surface area contributed by atoms with Crippen LogP contribution in [0.15, 0.2) is 0 Å². The van der Waals surface area contributed by atoms with Gasteiger partial charge in [-0.2, -0.15) is 0 Å². The van der Waals surface area contributed by atoms with Gasteiger partial charge in [-0.3, -0.25) is 9.59 Å². The van der Waals surface area contributed by atoms with Crippen LogP contribution >= 0.6 is 0 Å². The van der Waals surface area contributed by atoms with E-state index in [1.807, 2.05) is 0 Å². The van der Waals surface area contributed by atoms with Crippen molar-refractivity contribution in [2.75, 3.05) is 0 Å². The molecule has 0 rings (SSSR count). The molecule has 0 saturated carbocycles. The fourth-order valence-electron chi connectivity index (χ4n) is 2.27. The number of carboxylic acids is 2. The summed E-state index contributed by atoms with van der Waals surface area (Å²) in [4.78, 5) is 22.6. The summed E-state index contributed by atoms with van der Waals surface area (Å²) in [6.45, 7) is 6.95. The molecule has 0 aliphatic carbocycles. The zero-order chi connectivity index (χ0) is 15.1. The first-order chi connectivity index (χ1) is 8.70. The van der Waals surface area contributed by atoms with E-state index in [0.717, 1.165) is 19.3 Å². The molecular formula is C15H28O4. The van der Waals surface area contributed by atoms with Gasteiger partial charge in [-0.05, 0) is 18.8 Å². The largest absolute Gasteiger partial charge is 0.480 e. The number of aliphatic carboxylic acids is 2. The summed E-state index contributed by atoms with van der Waals surface area (Å²) in [6, 6.07) is 0. The smallest absolute Gasteiger partial charge is 0.321 e. The van der Waals surface area contributed by atoms with E-state index >= 15 is 0 Å². The van der Waals surface area contributed by atoms with Crippen molar-refractivity contribution in [1.29, 1.82) is 0 Å². The van der Waals surface area contributed by atoms with E-state index in [0.29, 0.717) is 6.42 Å². The second-order valence-electron chi connectivity index (χ2n) is 6.14. The number of unbranched alkanes of at least 4 members (excludes halogenated alkanes) is 5. The number of carbonyl (C=O) groups is 2. The third-order valence-corrected chi connectivity index (χ3v) is 4.36. The van der Waals surface area contributed by atoms with Crippen molar-refractivity contribution in [1.82, 2.24) is 0 Å². The Bertz CT molecular complexity index is 293. The van der Waals surface area contributed by atoms with Gasteiger partial charge in [0.05, 0.1) is 0 Å². The topological polar surface area (TPSA) is 74.6 Å². The molecule has 2 N–H and O–H groups in total. The van der Waals surface area contributed by atoms with Crippen LogP contribution in [-0.2, 0) is 9.59 Å². The molecule has 4 nitrogen and oxygen atoms in total. The molecule has 0 aliphatic heterocycles. The highest BCUT2D eigenvalue weighted by molar-refractivity contribution is 5.98. The van der Waals surface area contributed by atoms with Gasteiger partial charge in [0, 0.05) is 0 Å². The fraction of sp³-hybridized carbons (Fsp3) is 0.867. The van der Waals surface area contributed by atoms with Crippen LogP contribution in [0.4, 0.5) is 0 Å². The lowest BCUT2D eigenvalue weighted by molar-refractivity contribution is -0.173. The highest BCUT2D eigenvalue weighted by Crippen LogP contribution is 2.43. The zero-order valence-corrected chi connectivity index (χ0v) is 12.7. The molecule has 0 atom stereocenters. The number of hydrogen-bond acceptors (Lipinski definition) is 2.